The molecule has 0 amide bonds. The Morgan fingerprint density at radius 1 is 1.24 bits per heavy atom. The summed E-state index contributed by atoms with van der Waals surface area (Å²) < 4.78 is 5.45. The number of carbonyl (C=O) groups is 2. The van der Waals surface area contributed by atoms with Crippen molar-refractivity contribution in [2.24, 2.45) is 0 Å². The third kappa shape index (κ3) is 1.33. The van der Waals surface area contributed by atoms with Crippen molar-refractivity contribution in [3.8, 4) is 5.75 Å². The minimum Gasteiger partial charge on any atom is -0.486 e. The first-order valence-electron chi connectivity index (χ1n) is 5.33. The third-order valence-corrected chi connectivity index (χ3v) is 3.23. The maximum Gasteiger partial charge on any atom is 0.235 e. The molecule has 1 aromatic rings. The summed E-state index contributed by atoms with van der Waals surface area (Å²) in [5.74, 6) is -1.43. The first kappa shape index (κ1) is 10.4. The van der Waals surface area contributed by atoms with E-state index in [4.69, 9.17) is 4.74 Å². The molecular formula is C12H10O5. The number of hydrogen-bond donors (Lipinski definition) is 2. The van der Waals surface area contributed by atoms with Crippen LogP contribution in [0, 0.1) is 0 Å². The van der Waals surface area contributed by atoms with Crippen LogP contribution in [0.4, 0.5) is 0 Å². The lowest BCUT2D eigenvalue weighted by atomic mass is 9.98. The maximum absolute atomic E-state index is 11.8. The molecule has 2 aliphatic rings. The number of ether oxygens (including phenoxy) is 1. The van der Waals surface area contributed by atoms with Crippen LogP contribution in [0.2, 0.25) is 0 Å². The summed E-state index contributed by atoms with van der Waals surface area (Å²) in [6, 6.07) is 4.93. The van der Waals surface area contributed by atoms with E-state index in [0.29, 0.717) is 12.2 Å². The molecule has 2 heterocycles. The second-order valence-electron chi connectivity index (χ2n) is 4.28. The van der Waals surface area contributed by atoms with Gasteiger partial charge in [0.2, 0.25) is 11.6 Å². The molecule has 5 nitrogen and oxygen atoms in total. The maximum atomic E-state index is 11.8. The molecule has 0 aliphatic carbocycles. The van der Waals surface area contributed by atoms with E-state index in [1.54, 1.807) is 12.1 Å². The summed E-state index contributed by atoms with van der Waals surface area (Å²) in [6.45, 7) is 0. The Kier molecular flexibility index (Phi) is 2.08. The van der Waals surface area contributed by atoms with E-state index in [0.717, 1.165) is 5.56 Å². The molecule has 0 fully saturated rings. The molecular weight excluding hydrogens is 224 g/mol. The van der Waals surface area contributed by atoms with Gasteiger partial charge in [-0.25, -0.2) is 0 Å². The van der Waals surface area contributed by atoms with E-state index in [1.807, 2.05) is 0 Å². The summed E-state index contributed by atoms with van der Waals surface area (Å²) in [4.78, 5) is 23.4. The zero-order chi connectivity index (χ0) is 12.2. The van der Waals surface area contributed by atoms with Crippen molar-refractivity contribution in [1.29, 1.82) is 0 Å². The molecule has 0 aromatic heterocycles. The summed E-state index contributed by atoms with van der Waals surface area (Å²) >= 11 is 0. The van der Waals surface area contributed by atoms with E-state index in [2.05, 4.69) is 0 Å². The second-order valence-corrected chi connectivity index (χ2v) is 4.28. The van der Waals surface area contributed by atoms with Crippen LogP contribution in [0.15, 0.2) is 18.2 Å². The van der Waals surface area contributed by atoms with Gasteiger partial charge in [-0.3, -0.25) is 9.59 Å². The van der Waals surface area contributed by atoms with Gasteiger partial charge in [-0.15, -0.1) is 0 Å². The van der Waals surface area contributed by atoms with E-state index < -0.39 is 29.9 Å². The highest BCUT2D eigenvalue weighted by Gasteiger charge is 2.43. The Morgan fingerprint density at radius 2 is 2.00 bits per heavy atom. The molecule has 2 aliphatic heterocycles. The third-order valence-electron chi connectivity index (χ3n) is 3.23. The zero-order valence-corrected chi connectivity index (χ0v) is 8.79. The molecule has 1 aromatic carbocycles. The predicted octanol–water partition coefficient (Wildman–Crippen LogP) is -0.523. The molecule has 88 valence electrons. The minimum atomic E-state index is -1.71. The fourth-order valence-corrected chi connectivity index (χ4v) is 2.29. The summed E-state index contributed by atoms with van der Waals surface area (Å²) in [6.07, 6.45) is -3.36. The number of hydrogen-bond acceptors (Lipinski definition) is 5. The molecule has 0 saturated heterocycles. The Balaban J connectivity index is 2.20. The van der Waals surface area contributed by atoms with E-state index in [9.17, 15) is 19.8 Å². The van der Waals surface area contributed by atoms with E-state index in [-0.39, 0.29) is 5.56 Å². The number of Topliss-reactive ketones (excluding diaryl/α,β-unsaturated/α-hetero) is 2. The van der Waals surface area contributed by atoms with Gasteiger partial charge in [-0.05, 0) is 11.6 Å². The Hall–Kier alpha value is -1.72. The predicted molar refractivity (Wildman–Crippen MR) is 55.9 cm³/mol. The number of aliphatic hydroxyl groups excluding tert-OH is 2. The van der Waals surface area contributed by atoms with Gasteiger partial charge in [-0.1, -0.05) is 12.1 Å². The van der Waals surface area contributed by atoms with Crippen LogP contribution in [0.25, 0.3) is 0 Å². The van der Waals surface area contributed by atoms with Crippen molar-refractivity contribution >= 4 is 11.6 Å². The van der Waals surface area contributed by atoms with Crippen LogP contribution in [0.1, 0.15) is 15.9 Å². The standard InChI is InChI=1S/C12H10O5/c13-8-6-3-1-2-5-4-7(17-12(5)6)9(14)11(16)10(8)15/h1-3,7,9,11,14,16H,4H2. The number of rotatable bonds is 0. The number of fused-ring (bicyclic) bond motifs is 1. The van der Waals surface area contributed by atoms with Gasteiger partial charge in [0, 0.05) is 6.42 Å². The van der Waals surface area contributed by atoms with Crippen molar-refractivity contribution in [2.45, 2.75) is 24.7 Å². The number of para-hydroxylation sites is 1. The van der Waals surface area contributed by atoms with Crippen molar-refractivity contribution in [3.63, 3.8) is 0 Å². The lowest BCUT2D eigenvalue weighted by Crippen LogP contribution is -2.47. The summed E-state index contributed by atoms with van der Waals surface area (Å²) in [5, 5.41) is 19.4. The number of aliphatic hydroxyl groups is 2. The Bertz CT molecular complexity index is 522. The van der Waals surface area contributed by atoms with Crippen LogP contribution < -0.4 is 4.74 Å². The molecule has 2 bridgehead atoms. The van der Waals surface area contributed by atoms with Crippen LogP contribution in [-0.2, 0) is 11.2 Å². The van der Waals surface area contributed by atoms with Gasteiger partial charge in [-0.2, -0.15) is 0 Å². The fraction of sp³-hybridized carbons (Fsp3) is 0.333. The minimum absolute atomic E-state index is 0.168. The fourth-order valence-electron chi connectivity index (χ4n) is 2.29. The van der Waals surface area contributed by atoms with Crippen LogP contribution >= 0.6 is 0 Å². The van der Waals surface area contributed by atoms with Crippen molar-refractivity contribution in [2.75, 3.05) is 0 Å². The number of carbonyl (C=O) groups excluding carboxylic acids is 2. The lowest BCUT2D eigenvalue weighted by Gasteiger charge is -2.24. The van der Waals surface area contributed by atoms with Gasteiger partial charge >= 0.3 is 0 Å². The number of ketones is 2. The highest BCUT2D eigenvalue weighted by Crippen LogP contribution is 2.36. The van der Waals surface area contributed by atoms with Crippen LogP contribution in [0.3, 0.4) is 0 Å². The molecule has 0 spiro atoms. The first-order chi connectivity index (χ1) is 8.09. The molecule has 0 radical (unpaired) electrons. The SMILES string of the molecule is O=C1C(=O)C(O)C(O)C2Cc3cccc1c3O2. The molecule has 3 unspecified atom stereocenters. The summed E-state index contributed by atoms with van der Waals surface area (Å²) in [7, 11) is 0. The number of benzene rings is 1. The normalized spacial score (nSPS) is 30.8. The lowest BCUT2D eigenvalue weighted by molar-refractivity contribution is -0.132. The smallest absolute Gasteiger partial charge is 0.235 e. The largest absolute Gasteiger partial charge is 0.486 e. The van der Waals surface area contributed by atoms with Crippen molar-refractivity contribution in [3.05, 3.63) is 29.3 Å². The highest BCUT2D eigenvalue weighted by atomic mass is 16.5. The van der Waals surface area contributed by atoms with Gasteiger partial charge in [0.15, 0.2) is 0 Å². The van der Waals surface area contributed by atoms with E-state index >= 15 is 0 Å². The Morgan fingerprint density at radius 3 is 2.76 bits per heavy atom. The van der Waals surface area contributed by atoms with Gasteiger partial charge in [0.1, 0.15) is 24.1 Å². The average molecular weight is 234 g/mol. The quantitative estimate of drug-likeness (QED) is 0.590. The zero-order valence-electron chi connectivity index (χ0n) is 8.79. The highest BCUT2D eigenvalue weighted by molar-refractivity contribution is 6.46. The molecule has 2 N–H and O–H groups in total. The van der Waals surface area contributed by atoms with Crippen LogP contribution in [0.5, 0.6) is 5.75 Å². The molecule has 3 atom stereocenters. The Labute approximate surface area is 96.6 Å². The molecule has 3 rings (SSSR count). The molecule has 17 heavy (non-hydrogen) atoms. The van der Waals surface area contributed by atoms with Crippen LogP contribution in [-0.4, -0.2) is 40.1 Å². The van der Waals surface area contributed by atoms with Gasteiger partial charge < -0.3 is 14.9 Å². The second kappa shape index (κ2) is 3.38. The molecule has 5 heteroatoms. The first-order valence-corrected chi connectivity index (χ1v) is 5.33. The van der Waals surface area contributed by atoms with E-state index in [1.165, 1.54) is 6.07 Å². The average Bonchev–Trinajstić information content (AvgIpc) is 2.78. The van der Waals surface area contributed by atoms with Crippen molar-refractivity contribution < 1.29 is 24.5 Å². The topological polar surface area (TPSA) is 83.8 Å². The molecule has 0 saturated carbocycles. The summed E-state index contributed by atoms with van der Waals surface area (Å²) in [5.41, 5.74) is 0.947. The van der Waals surface area contributed by atoms with Crippen molar-refractivity contribution in [1.82, 2.24) is 0 Å². The monoisotopic (exact) mass is 234 g/mol. The van der Waals surface area contributed by atoms with Gasteiger partial charge in [0.25, 0.3) is 0 Å². The van der Waals surface area contributed by atoms with Gasteiger partial charge in [0.05, 0.1) is 5.56 Å².